The summed E-state index contributed by atoms with van der Waals surface area (Å²) in [5, 5.41) is 7.70. The third kappa shape index (κ3) is 3.83. The van der Waals surface area contributed by atoms with Gasteiger partial charge in [0.15, 0.2) is 5.82 Å². The number of thiazole rings is 1. The van der Waals surface area contributed by atoms with Gasteiger partial charge in [0.2, 0.25) is 0 Å². The van der Waals surface area contributed by atoms with Crippen molar-refractivity contribution in [3.8, 4) is 0 Å². The Balaban J connectivity index is 1.82. The summed E-state index contributed by atoms with van der Waals surface area (Å²) in [5.41, 5.74) is 9.02. The fraction of sp³-hybridized carbons (Fsp3) is 0.375. The number of nitrogens with one attached hydrogen (secondary N) is 1. The van der Waals surface area contributed by atoms with Crippen LogP contribution in [0.15, 0.2) is 22.9 Å². The quantitative estimate of drug-likeness (QED) is 0.502. The molecule has 0 spiro atoms. The molecule has 9 heteroatoms. The predicted octanol–water partition coefficient (Wildman–Crippen LogP) is 3.86. The summed E-state index contributed by atoms with van der Waals surface area (Å²) in [7, 11) is 0. The van der Waals surface area contributed by atoms with Crippen LogP contribution in [0.3, 0.4) is 0 Å². The van der Waals surface area contributed by atoms with E-state index in [-0.39, 0.29) is 6.04 Å². The molecular formula is C16H19FN6S2. The van der Waals surface area contributed by atoms with Crippen LogP contribution in [0.2, 0.25) is 0 Å². The summed E-state index contributed by atoms with van der Waals surface area (Å²) in [6.07, 6.45) is 3.10. The van der Waals surface area contributed by atoms with Gasteiger partial charge in [0, 0.05) is 21.7 Å². The Morgan fingerprint density at radius 3 is 2.92 bits per heavy atom. The molecule has 25 heavy (non-hydrogen) atoms. The minimum Gasteiger partial charge on any atom is -0.323 e. The Hall–Kier alpha value is -1.97. The lowest BCUT2D eigenvalue weighted by atomic mass is 9.93. The van der Waals surface area contributed by atoms with Gasteiger partial charge < -0.3 is 5.73 Å². The molecule has 3 rings (SSSR count). The minimum atomic E-state index is -0.540. The molecule has 0 fully saturated rings. The van der Waals surface area contributed by atoms with E-state index >= 15 is 0 Å². The number of fused-ring (bicyclic) bond motifs is 1. The van der Waals surface area contributed by atoms with Gasteiger partial charge >= 0.3 is 0 Å². The van der Waals surface area contributed by atoms with Gasteiger partial charge in [-0.05, 0) is 13.0 Å². The van der Waals surface area contributed by atoms with Crippen LogP contribution < -0.4 is 11.2 Å². The number of rotatable bonds is 6. The fourth-order valence-electron chi connectivity index (χ4n) is 2.06. The first-order valence-electron chi connectivity index (χ1n) is 7.72. The zero-order valence-corrected chi connectivity index (χ0v) is 15.8. The molecule has 0 aromatic carbocycles. The van der Waals surface area contributed by atoms with Crippen LogP contribution in [0.25, 0.3) is 10.2 Å². The average molecular weight is 379 g/mol. The molecule has 0 bridgehead atoms. The molecule has 0 saturated carbocycles. The lowest BCUT2D eigenvalue weighted by molar-refractivity contribution is 0.356. The maximum Gasteiger partial charge on any atom is 0.158 e. The van der Waals surface area contributed by atoms with Crippen molar-refractivity contribution in [1.29, 1.82) is 0 Å². The molecule has 0 aliphatic heterocycles. The fourth-order valence-corrected chi connectivity index (χ4v) is 3.92. The number of hydrazone groups is 1. The Morgan fingerprint density at radius 1 is 1.44 bits per heavy atom. The Labute approximate surface area is 153 Å². The lowest BCUT2D eigenvalue weighted by Gasteiger charge is -2.17. The highest BCUT2D eigenvalue weighted by Crippen LogP contribution is 2.36. The zero-order chi connectivity index (χ0) is 18.0. The molecule has 3 aromatic rings. The predicted molar refractivity (Wildman–Crippen MR) is 102 cm³/mol. The highest BCUT2D eigenvalue weighted by molar-refractivity contribution is 7.18. The van der Waals surface area contributed by atoms with Crippen molar-refractivity contribution in [2.45, 2.75) is 32.2 Å². The van der Waals surface area contributed by atoms with Crippen LogP contribution >= 0.6 is 22.7 Å². The van der Waals surface area contributed by atoms with Crippen molar-refractivity contribution in [3.05, 3.63) is 33.4 Å². The van der Waals surface area contributed by atoms with Gasteiger partial charge in [-0.2, -0.15) is 5.10 Å². The number of hydrogen-bond donors (Lipinski definition) is 2. The van der Waals surface area contributed by atoms with Crippen molar-refractivity contribution in [2.75, 3.05) is 12.1 Å². The number of aromatic nitrogens is 3. The number of anilines is 1. The second kappa shape index (κ2) is 7.11. The van der Waals surface area contributed by atoms with E-state index in [0.717, 1.165) is 25.8 Å². The van der Waals surface area contributed by atoms with Crippen LogP contribution in [0.4, 0.5) is 10.2 Å². The highest BCUT2D eigenvalue weighted by atomic mass is 32.1. The normalized spacial score (nSPS) is 13.6. The first-order valence-corrected chi connectivity index (χ1v) is 9.41. The molecule has 0 aliphatic rings. The molecule has 0 saturated heterocycles. The monoisotopic (exact) mass is 378 g/mol. The number of alkyl halides is 1. The second-order valence-corrected chi connectivity index (χ2v) is 8.26. The SMILES string of the molecule is CC(N)c1csc(/C=N/Nc2ncnc3sc(C(C)(C)CF)cc23)n1. The van der Waals surface area contributed by atoms with E-state index in [0.29, 0.717) is 5.82 Å². The molecule has 3 N–H and O–H groups in total. The van der Waals surface area contributed by atoms with Crippen LogP contribution in [0.1, 0.15) is 42.4 Å². The molecule has 132 valence electrons. The zero-order valence-electron chi connectivity index (χ0n) is 14.2. The van der Waals surface area contributed by atoms with Crippen LogP contribution in [-0.4, -0.2) is 27.8 Å². The molecule has 6 nitrogen and oxygen atoms in total. The molecule has 0 radical (unpaired) electrons. The van der Waals surface area contributed by atoms with E-state index in [2.05, 4.69) is 25.5 Å². The summed E-state index contributed by atoms with van der Waals surface area (Å²) in [6.45, 7) is 5.20. The maximum absolute atomic E-state index is 13.3. The van der Waals surface area contributed by atoms with Gasteiger partial charge in [0.1, 0.15) is 16.2 Å². The number of thiophene rings is 1. The van der Waals surface area contributed by atoms with Gasteiger partial charge in [0.05, 0.1) is 24.0 Å². The van der Waals surface area contributed by atoms with E-state index < -0.39 is 12.1 Å². The topological polar surface area (TPSA) is 89.1 Å². The van der Waals surface area contributed by atoms with E-state index in [4.69, 9.17) is 5.73 Å². The molecule has 1 atom stereocenters. The average Bonchev–Trinajstić information content (AvgIpc) is 3.22. The number of nitrogens with zero attached hydrogens (tertiary/aromatic N) is 4. The molecule has 3 aromatic heterocycles. The smallest absolute Gasteiger partial charge is 0.158 e. The summed E-state index contributed by atoms with van der Waals surface area (Å²) in [5.74, 6) is 0.586. The van der Waals surface area contributed by atoms with Gasteiger partial charge in [-0.25, -0.2) is 15.0 Å². The number of halogens is 1. The Kier molecular flexibility index (Phi) is 5.07. The molecule has 3 heterocycles. The highest BCUT2D eigenvalue weighted by Gasteiger charge is 2.24. The van der Waals surface area contributed by atoms with Crippen molar-refractivity contribution >= 4 is 44.9 Å². The molecular weight excluding hydrogens is 359 g/mol. The second-order valence-electron chi connectivity index (χ2n) is 6.34. The number of hydrogen-bond acceptors (Lipinski definition) is 8. The minimum absolute atomic E-state index is 0.101. The molecule has 0 aliphatic carbocycles. The third-order valence-corrected chi connectivity index (χ3v) is 5.89. The lowest BCUT2D eigenvalue weighted by Crippen LogP contribution is -2.17. The number of nitrogens with two attached hydrogens (primary N) is 1. The van der Waals surface area contributed by atoms with Gasteiger partial charge in [-0.3, -0.25) is 9.82 Å². The standard InChI is InChI=1S/C16H19FN6S2/c1-9(18)11-6-24-13(22-11)5-21-23-14-10-4-12(16(2,3)7-17)25-15(10)20-8-19-14/h4-6,8-9H,7,18H2,1-3H3,(H,19,20,23)/b21-5+. The Bertz CT molecular complexity index is 899. The van der Waals surface area contributed by atoms with E-state index in [9.17, 15) is 4.39 Å². The molecule has 1 unspecified atom stereocenters. The maximum atomic E-state index is 13.3. The van der Waals surface area contributed by atoms with Crippen molar-refractivity contribution in [1.82, 2.24) is 15.0 Å². The van der Waals surface area contributed by atoms with E-state index in [1.54, 1.807) is 6.21 Å². The summed E-state index contributed by atoms with van der Waals surface area (Å²) >= 11 is 2.95. The summed E-state index contributed by atoms with van der Waals surface area (Å²) < 4.78 is 13.3. The van der Waals surface area contributed by atoms with Crippen molar-refractivity contribution in [3.63, 3.8) is 0 Å². The first-order chi connectivity index (χ1) is 11.9. The van der Waals surface area contributed by atoms with Gasteiger partial charge in [-0.1, -0.05) is 13.8 Å². The van der Waals surface area contributed by atoms with Crippen molar-refractivity contribution < 1.29 is 4.39 Å². The van der Waals surface area contributed by atoms with Gasteiger partial charge in [-0.15, -0.1) is 22.7 Å². The van der Waals surface area contributed by atoms with Gasteiger partial charge in [0.25, 0.3) is 0 Å². The Morgan fingerprint density at radius 2 is 2.24 bits per heavy atom. The van der Waals surface area contributed by atoms with Crippen LogP contribution in [0, 0.1) is 0 Å². The third-order valence-electron chi connectivity index (χ3n) is 3.68. The molecule has 0 amide bonds. The van der Waals surface area contributed by atoms with E-state index in [1.165, 1.54) is 29.0 Å². The summed E-state index contributed by atoms with van der Waals surface area (Å²) in [6, 6.07) is 1.82. The van der Waals surface area contributed by atoms with Crippen molar-refractivity contribution in [2.24, 2.45) is 10.8 Å². The first kappa shape index (κ1) is 17.8. The van der Waals surface area contributed by atoms with Crippen LogP contribution in [0.5, 0.6) is 0 Å². The summed E-state index contributed by atoms with van der Waals surface area (Å²) in [4.78, 5) is 14.6. The van der Waals surface area contributed by atoms with E-state index in [1.807, 2.05) is 32.2 Å². The van der Waals surface area contributed by atoms with Crippen LogP contribution in [-0.2, 0) is 5.41 Å². The largest absolute Gasteiger partial charge is 0.323 e.